The fraction of sp³-hybridized carbons (Fsp3) is 0.286. The second-order valence-electron chi connectivity index (χ2n) is 5.84. The van der Waals surface area contributed by atoms with Gasteiger partial charge in [0.25, 0.3) is 0 Å². The highest BCUT2D eigenvalue weighted by molar-refractivity contribution is 6.44. The standard InChI is InChI=1S/C21H22ClFN2O5/c1-4-29-13-19(14-7-5-8-15(23)11-14)24-30-12-17-16(9-6-10-18(17)22)20(25-28-3)21(26)27-2/h5-11H,4,12-13H2,1-3H3/b24-19+,25-20+. The van der Waals surface area contributed by atoms with Crippen LogP contribution in [0.15, 0.2) is 52.8 Å². The van der Waals surface area contributed by atoms with Crippen molar-refractivity contribution >= 4 is 29.0 Å². The van der Waals surface area contributed by atoms with Crippen LogP contribution in [0.3, 0.4) is 0 Å². The van der Waals surface area contributed by atoms with Gasteiger partial charge < -0.3 is 19.1 Å². The van der Waals surface area contributed by atoms with Gasteiger partial charge in [-0.2, -0.15) is 0 Å². The Labute approximate surface area is 179 Å². The zero-order valence-electron chi connectivity index (χ0n) is 16.9. The smallest absolute Gasteiger partial charge is 0.360 e. The number of hydrogen-bond acceptors (Lipinski definition) is 7. The number of carbonyl (C=O) groups is 1. The summed E-state index contributed by atoms with van der Waals surface area (Å²) in [6, 6.07) is 10.9. The largest absolute Gasteiger partial charge is 0.464 e. The number of rotatable bonds is 10. The van der Waals surface area contributed by atoms with Gasteiger partial charge in [0.15, 0.2) is 5.71 Å². The summed E-state index contributed by atoms with van der Waals surface area (Å²) in [4.78, 5) is 22.3. The fourth-order valence-corrected chi connectivity index (χ4v) is 2.74. The second kappa shape index (κ2) is 11.9. The lowest BCUT2D eigenvalue weighted by atomic mass is 10.0. The molecule has 30 heavy (non-hydrogen) atoms. The predicted molar refractivity (Wildman–Crippen MR) is 111 cm³/mol. The molecule has 0 fully saturated rings. The number of esters is 1. The van der Waals surface area contributed by atoms with Crippen LogP contribution in [-0.2, 0) is 30.6 Å². The van der Waals surface area contributed by atoms with E-state index in [4.69, 9.17) is 30.7 Å². The number of hydrogen-bond donors (Lipinski definition) is 0. The average molecular weight is 437 g/mol. The molecule has 0 atom stereocenters. The van der Waals surface area contributed by atoms with Gasteiger partial charge in [-0.1, -0.05) is 46.2 Å². The van der Waals surface area contributed by atoms with Crippen LogP contribution in [0.1, 0.15) is 23.6 Å². The Balaban J connectivity index is 2.33. The highest BCUT2D eigenvalue weighted by Gasteiger charge is 2.21. The number of nitrogens with zero attached hydrogens (tertiary/aromatic N) is 2. The Morgan fingerprint density at radius 1 is 1.13 bits per heavy atom. The number of halogens is 2. The summed E-state index contributed by atoms with van der Waals surface area (Å²) in [6.07, 6.45) is 0. The zero-order chi connectivity index (χ0) is 21.9. The third-order valence-electron chi connectivity index (χ3n) is 3.92. The molecule has 0 aliphatic heterocycles. The van der Waals surface area contributed by atoms with Gasteiger partial charge in [-0.25, -0.2) is 9.18 Å². The van der Waals surface area contributed by atoms with Crippen molar-refractivity contribution in [3.63, 3.8) is 0 Å². The van der Waals surface area contributed by atoms with Crippen LogP contribution in [0.4, 0.5) is 4.39 Å². The van der Waals surface area contributed by atoms with Gasteiger partial charge in [0.05, 0.1) is 13.7 Å². The Bertz CT molecular complexity index is 933. The number of carbonyl (C=O) groups excluding carboxylic acids is 1. The highest BCUT2D eigenvalue weighted by atomic mass is 35.5. The average Bonchev–Trinajstić information content (AvgIpc) is 2.75. The topological polar surface area (TPSA) is 78.7 Å². The molecular formula is C21H22ClFN2O5. The monoisotopic (exact) mass is 436 g/mol. The third-order valence-corrected chi connectivity index (χ3v) is 4.27. The Hall–Kier alpha value is -2.97. The quantitative estimate of drug-likeness (QED) is 0.320. The number of methoxy groups -OCH3 is 1. The number of oxime groups is 2. The second-order valence-corrected chi connectivity index (χ2v) is 6.25. The minimum Gasteiger partial charge on any atom is -0.464 e. The number of ether oxygens (including phenoxy) is 2. The summed E-state index contributed by atoms with van der Waals surface area (Å²) < 4.78 is 23.7. The molecule has 0 spiro atoms. The molecular weight excluding hydrogens is 415 g/mol. The summed E-state index contributed by atoms with van der Waals surface area (Å²) in [7, 11) is 2.55. The normalized spacial score (nSPS) is 11.9. The molecule has 7 nitrogen and oxygen atoms in total. The summed E-state index contributed by atoms with van der Waals surface area (Å²) in [5, 5.41) is 8.18. The molecule has 0 heterocycles. The van der Waals surface area contributed by atoms with Gasteiger partial charge in [-0.05, 0) is 25.1 Å². The molecule has 0 amide bonds. The summed E-state index contributed by atoms with van der Waals surface area (Å²) >= 11 is 6.31. The molecule has 0 aliphatic carbocycles. The highest BCUT2D eigenvalue weighted by Crippen LogP contribution is 2.23. The fourth-order valence-electron chi connectivity index (χ4n) is 2.52. The van der Waals surface area contributed by atoms with Gasteiger partial charge >= 0.3 is 5.97 Å². The third kappa shape index (κ3) is 6.27. The molecule has 2 aromatic carbocycles. The molecule has 160 valence electrons. The Morgan fingerprint density at radius 2 is 1.90 bits per heavy atom. The van der Waals surface area contributed by atoms with E-state index in [0.29, 0.717) is 34.0 Å². The van der Waals surface area contributed by atoms with Crippen LogP contribution in [0.2, 0.25) is 5.02 Å². The maximum Gasteiger partial charge on any atom is 0.360 e. The van der Waals surface area contributed by atoms with Crippen LogP contribution in [0, 0.1) is 5.82 Å². The minimum atomic E-state index is -0.694. The molecule has 0 saturated carbocycles. The first-order valence-corrected chi connectivity index (χ1v) is 9.39. The lowest BCUT2D eigenvalue weighted by Gasteiger charge is -2.12. The molecule has 0 radical (unpaired) electrons. The molecule has 2 aromatic rings. The molecule has 0 aromatic heterocycles. The number of benzene rings is 2. The van der Waals surface area contributed by atoms with Crippen molar-refractivity contribution < 1.29 is 28.3 Å². The van der Waals surface area contributed by atoms with E-state index in [0.717, 1.165) is 0 Å². The zero-order valence-corrected chi connectivity index (χ0v) is 17.6. The maximum atomic E-state index is 13.6. The van der Waals surface area contributed by atoms with E-state index < -0.39 is 11.8 Å². The van der Waals surface area contributed by atoms with Crippen molar-refractivity contribution in [2.75, 3.05) is 27.4 Å². The molecule has 0 saturated heterocycles. The molecule has 0 aliphatic rings. The van der Waals surface area contributed by atoms with Crippen LogP contribution >= 0.6 is 11.6 Å². The van der Waals surface area contributed by atoms with Crippen LogP contribution < -0.4 is 0 Å². The van der Waals surface area contributed by atoms with Gasteiger partial charge in [0.2, 0.25) is 0 Å². The molecule has 0 bridgehead atoms. The first kappa shape index (κ1) is 23.3. The first-order valence-electron chi connectivity index (χ1n) is 9.01. The van der Waals surface area contributed by atoms with Crippen molar-refractivity contribution in [1.29, 1.82) is 0 Å². The van der Waals surface area contributed by atoms with Crippen molar-refractivity contribution in [2.45, 2.75) is 13.5 Å². The Kier molecular flexibility index (Phi) is 9.24. The van der Waals surface area contributed by atoms with E-state index in [1.54, 1.807) is 30.3 Å². The van der Waals surface area contributed by atoms with Crippen molar-refractivity contribution in [1.82, 2.24) is 0 Å². The SMILES string of the molecule is CCOC/C(=N\OCc1c(Cl)cccc1/C(=N\OC)C(=O)OC)c1cccc(F)c1. The van der Waals surface area contributed by atoms with E-state index in [1.165, 1.54) is 26.4 Å². The van der Waals surface area contributed by atoms with Crippen molar-refractivity contribution in [3.8, 4) is 0 Å². The van der Waals surface area contributed by atoms with Gasteiger partial charge in [-0.15, -0.1) is 0 Å². The van der Waals surface area contributed by atoms with Crippen LogP contribution in [0.25, 0.3) is 0 Å². The maximum absolute atomic E-state index is 13.6. The van der Waals surface area contributed by atoms with Gasteiger partial charge in [-0.3, -0.25) is 0 Å². The first-order chi connectivity index (χ1) is 14.5. The van der Waals surface area contributed by atoms with E-state index in [-0.39, 0.29) is 18.9 Å². The molecule has 9 heteroatoms. The lowest BCUT2D eigenvalue weighted by Crippen LogP contribution is -2.19. The van der Waals surface area contributed by atoms with E-state index >= 15 is 0 Å². The lowest BCUT2D eigenvalue weighted by molar-refractivity contribution is -0.132. The van der Waals surface area contributed by atoms with Crippen molar-refractivity contribution in [3.05, 3.63) is 70.0 Å². The van der Waals surface area contributed by atoms with Gasteiger partial charge in [0, 0.05) is 28.3 Å². The molecule has 0 unspecified atom stereocenters. The van der Waals surface area contributed by atoms with Gasteiger partial charge in [0.1, 0.15) is 25.2 Å². The van der Waals surface area contributed by atoms with E-state index in [2.05, 4.69) is 10.3 Å². The van der Waals surface area contributed by atoms with Crippen molar-refractivity contribution in [2.24, 2.45) is 10.3 Å². The Morgan fingerprint density at radius 3 is 2.57 bits per heavy atom. The summed E-state index contributed by atoms with van der Waals surface area (Å²) in [5.41, 5.74) is 1.70. The predicted octanol–water partition coefficient (Wildman–Crippen LogP) is 3.96. The van der Waals surface area contributed by atoms with Crippen LogP contribution in [-0.4, -0.2) is 44.8 Å². The van der Waals surface area contributed by atoms with E-state index in [1.807, 2.05) is 6.92 Å². The van der Waals surface area contributed by atoms with Crippen LogP contribution in [0.5, 0.6) is 0 Å². The van der Waals surface area contributed by atoms with E-state index in [9.17, 15) is 9.18 Å². The molecule has 2 rings (SSSR count). The minimum absolute atomic E-state index is 0.0650. The molecule has 0 N–H and O–H groups in total. The summed E-state index contributed by atoms with van der Waals surface area (Å²) in [5.74, 6) is -1.09. The summed E-state index contributed by atoms with van der Waals surface area (Å²) in [6.45, 7) is 2.34.